The Bertz CT molecular complexity index is 720. The van der Waals surface area contributed by atoms with E-state index in [1.165, 1.54) is 21.7 Å². The molecule has 0 aliphatic heterocycles. The quantitative estimate of drug-likeness (QED) is 0.719. The van der Waals surface area contributed by atoms with Gasteiger partial charge in [0, 0.05) is 17.3 Å². The second kappa shape index (κ2) is 5.73. The molecule has 1 unspecified atom stereocenters. The van der Waals surface area contributed by atoms with E-state index in [4.69, 9.17) is 0 Å². The Kier molecular flexibility index (Phi) is 3.81. The molecule has 0 fully saturated rings. The zero-order valence-electron chi connectivity index (χ0n) is 11.3. The van der Waals surface area contributed by atoms with Crippen LogP contribution in [0.15, 0.2) is 53.9 Å². The largest absolute Gasteiger partial charge is 0.306 e. The van der Waals surface area contributed by atoms with Crippen LogP contribution in [0.2, 0.25) is 0 Å². The van der Waals surface area contributed by atoms with Crippen LogP contribution in [0.5, 0.6) is 0 Å². The monoisotopic (exact) mass is 285 g/mol. The zero-order chi connectivity index (χ0) is 13.9. The topological polar surface area (TPSA) is 12.0 Å². The Morgan fingerprint density at radius 2 is 2.00 bits per heavy atom. The Balaban J connectivity index is 1.73. The summed E-state index contributed by atoms with van der Waals surface area (Å²) in [5.74, 6) is -0.183. The number of nitrogens with one attached hydrogen (secondary N) is 1. The van der Waals surface area contributed by atoms with Crippen molar-refractivity contribution in [1.82, 2.24) is 5.32 Å². The fraction of sp³-hybridized carbons (Fsp3) is 0.176. The van der Waals surface area contributed by atoms with Crippen LogP contribution >= 0.6 is 11.3 Å². The summed E-state index contributed by atoms with van der Waals surface area (Å²) in [5, 5.41) is 6.95. The van der Waals surface area contributed by atoms with Crippen LogP contribution < -0.4 is 5.32 Å². The maximum absolute atomic E-state index is 13.2. The highest BCUT2D eigenvalue weighted by molar-refractivity contribution is 7.17. The summed E-state index contributed by atoms with van der Waals surface area (Å²) in [4.78, 5) is 0. The van der Waals surface area contributed by atoms with E-state index in [9.17, 15) is 4.39 Å². The highest BCUT2D eigenvalue weighted by Crippen LogP contribution is 2.26. The molecule has 102 valence electrons. The molecular weight excluding hydrogens is 269 g/mol. The highest BCUT2D eigenvalue weighted by Gasteiger charge is 2.08. The lowest BCUT2D eigenvalue weighted by atomic mass is 10.1. The maximum Gasteiger partial charge on any atom is 0.123 e. The molecule has 3 aromatic rings. The first-order valence-corrected chi connectivity index (χ1v) is 7.56. The second-order valence-corrected chi connectivity index (χ2v) is 5.83. The Morgan fingerprint density at radius 3 is 2.85 bits per heavy atom. The third-order valence-electron chi connectivity index (χ3n) is 3.51. The Hall–Kier alpha value is -1.71. The predicted molar refractivity (Wildman–Crippen MR) is 83.5 cm³/mol. The van der Waals surface area contributed by atoms with E-state index in [-0.39, 0.29) is 11.9 Å². The van der Waals surface area contributed by atoms with Gasteiger partial charge in [-0.15, -0.1) is 11.3 Å². The Labute approximate surface area is 122 Å². The normalized spacial score (nSPS) is 12.7. The number of halogens is 1. The van der Waals surface area contributed by atoms with Crippen molar-refractivity contribution in [2.24, 2.45) is 0 Å². The van der Waals surface area contributed by atoms with Crippen molar-refractivity contribution in [2.45, 2.75) is 19.5 Å². The van der Waals surface area contributed by atoms with Crippen molar-refractivity contribution >= 4 is 21.4 Å². The Morgan fingerprint density at radius 1 is 1.15 bits per heavy atom. The molecule has 0 aliphatic carbocycles. The molecule has 0 aliphatic rings. The average Bonchev–Trinajstić information content (AvgIpc) is 2.88. The van der Waals surface area contributed by atoms with Crippen molar-refractivity contribution in [3.05, 3.63) is 70.9 Å². The van der Waals surface area contributed by atoms with Crippen LogP contribution in [0.4, 0.5) is 4.39 Å². The van der Waals surface area contributed by atoms with Gasteiger partial charge in [0.05, 0.1) is 0 Å². The van der Waals surface area contributed by atoms with Crippen LogP contribution in [-0.4, -0.2) is 0 Å². The minimum atomic E-state index is -0.183. The van der Waals surface area contributed by atoms with Gasteiger partial charge in [-0.2, -0.15) is 0 Å². The third-order valence-corrected chi connectivity index (χ3v) is 4.52. The van der Waals surface area contributed by atoms with E-state index in [0.717, 1.165) is 12.1 Å². The van der Waals surface area contributed by atoms with Crippen molar-refractivity contribution in [1.29, 1.82) is 0 Å². The van der Waals surface area contributed by atoms with Crippen LogP contribution in [-0.2, 0) is 6.54 Å². The standard InChI is InChI=1S/C17H16FNS/c1-12(13-5-4-6-15(18)9-13)19-10-14-11-20-17-8-3-2-7-16(14)17/h2-9,11-12,19H,10H2,1H3. The minimum Gasteiger partial charge on any atom is -0.306 e. The SMILES string of the molecule is CC(NCc1csc2ccccc12)c1cccc(F)c1. The van der Waals surface area contributed by atoms with Crippen LogP contribution in [0.3, 0.4) is 0 Å². The zero-order valence-corrected chi connectivity index (χ0v) is 12.1. The third kappa shape index (κ3) is 2.74. The summed E-state index contributed by atoms with van der Waals surface area (Å²) in [5.41, 5.74) is 2.28. The average molecular weight is 285 g/mol. The van der Waals surface area contributed by atoms with Crippen LogP contribution in [0.1, 0.15) is 24.1 Å². The van der Waals surface area contributed by atoms with Gasteiger partial charge in [0.15, 0.2) is 0 Å². The van der Waals surface area contributed by atoms with E-state index in [0.29, 0.717) is 0 Å². The lowest BCUT2D eigenvalue weighted by Gasteiger charge is -2.14. The molecule has 3 rings (SSSR count). The molecule has 0 bridgehead atoms. The van der Waals surface area contributed by atoms with Crippen LogP contribution in [0.25, 0.3) is 10.1 Å². The van der Waals surface area contributed by atoms with E-state index in [1.807, 2.05) is 6.07 Å². The van der Waals surface area contributed by atoms with Crippen molar-refractivity contribution in [3.63, 3.8) is 0 Å². The van der Waals surface area contributed by atoms with Gasteiger partial charge in [-0.25, -0.2) is 4.39 Å². The molecule has 2 aromatic carbocycles. The predicted octanol–water partition coefficient (Wildman–Crippen LogP) is 4.89. The lowest BCUT2D eigenvalue weighted by Crippen LogP contribution is -2.17. The van der Waals surface area contributed by atoms with Gasteiger partial charge >= 0.3 is 0 Å². The first-order chi connectivity index (χ1) is 9.74. The molecule has 20 heavy (non-hydrogen) atoms. The first kappa shape index (κ1) is 13.3. The molecular formula is C17H16FNS. The summed E-state index contributed by atoms with van der Waals surface area (Å²) < 4.78 is 14.5. The molecule has 1 heterocycles. The van der Waals surface area contributed by atoms with E-state index in [1.54, 1.807) is 23.5 Å². The van der Waals surface area contributed by atoms with Crippen molar-refractivity contribution in [3.8, 4) is 0 Å². The highest BCUT2D eigenvalue weighted by atomic mass is 32.1. The van der Waals surface area contributed by atoms with Gasteiger partial charge in [-0.1, -0.05) is 30.3 Å². The van der Waals surface area contributed by atoms with Crippen molar-refractivity contribution in [2.75, 3.05) is 0 Å². The number of hydrogen-bond acceptors (Lipinski definition) is 2. The number of rotatable bonds is 4. The first-order valence-electron chi connectivity index (χ1n) is 6.68. The van der Waals surface area contributed by atoms with Gasteiger partial charge in [0.25, 0.3) is 0 Å². The smallest absolute Gasteiger partial charge is 0.123 e. The molecule has 0 amide bonds. The fourth-order valence-corrected chi connectivity index (χ4v) is 3.29. The summed E-state index contributed by atoms with van der Waals surface area (Å²) in [6.45, 7) is 2.85. The summed E-state index contributed by atoms with van der Waals surface area (Å²) >= 11 is 1.76. The molecule has 1 atom stereocenters. The summed E-state index contributed by atoms with van der Waals surface area (Å²) in [7, 11) is 0. The van der Waals surface area contributed by atoms with Gasteiger partial charge < -0.3 is 5.32 Å². The minimum absolute atomic E-state index is 0.129. The molecule has 0 radical (unpaired) electrons. The van der Waals surface area contributed by atoms with E-state index in [2.05, 4.69) is 41.9 Å². The molecule has 0 saturated carbocycles. The van der Waals surface area contributed by atoms with Crippen molar-refractivity contribution < 1.29 is 4.39 Å². The van der Waals surface area contributed by atoms with Gasteiger partial charge in [0.1, 0.15) is 5.82 Å². The molecule has 1 aromatic heterocycles. The lowest BCUT2D eigenvalue weighted by molar-refractivity contribution is 0.567. The van der Waals surface area contributed by atoms with Gasteiger partial charge in [0.2, 0.25) is 0 Å². The number of benzene rings is 2. The number of fused-ring (bicyclic) bond motifs is 1. The summed E-state index contributed by atoms with van der Waals surface area (Å²) in [6.07, 6.45) is 0. The van der Waals surface area contributed by atoms with Gasteiger partial charge in [-0.3, -0.25) is 0 Å². The van der Waals surface area contributed by atoms with Crippen LogP contribution in [0, 0.1) is 5.82 Å². The molecule has 0 saturated heterocycles. The second-order valence-electron chi connectivity index (χ2n) is 4.91. The maximum atomic E-state index is 13.2. The summed E-state index contributed by atoms with van der Waals surface area (Å²) in [6, 6.07) is 15.3. The molecule has 0 spiro atoms. The van der Waals surface area contributed by atoms with E-state index < -0.39 is 0 Å². The van der Waals surface area contributed by atoms with Gasteiger partial charge in [-0.05, 0) is 47.0 Å². The molecule has 1 N–H and O–H groups in total. The number of thiophene rings is 1. The number of hydrogen-bond donors (Lipinski definition) is 1. The molecule has 1 nitrogen and oxygen atoms in total. The molecule has 3 heteroatoms. The fourth-order valence-electron chi connectivity index (χ4n) is 2.33. The van der Waals surface area contributed by atoms with E-state index >= 15 is 0 Å².